The molecule has 0 bridgehead atoms. The molecule has 0 unspecified atom stereocenters. The van der Waals surface area contributed by atoms with Crippen molar-refractivity contribution in [2.24, 2.45) is 4.99 Å². The highest BCUT2D eigenvalue weighted by Crippen LogP contribution is 2.37. The summed E-state index contributed by atoms with van der Waals surface area (Å²) in [5.74, 6) is 1.01. The predicted octanol–water partition coefficient (Wildman–Crippen LogP) is 6.19. The molecule has 4 nitrogen and oxygen atoms in total. The standard InChI is InChI=1S/C21H24Cl2N4.C2H6/c1-13-9-18-19(10-14(13)2)27-21(5-7-24-8-6-21)20(26-18)25-12-15-3-4-16(22)17(23)11-15;1-2/h3-4,9-11,24,27H,5-8,12H2,1-2H3,(H,25,26);1-2H3. The first-order valence-corrected chi connectivity index (χ1v) is 11.1. The first-order chi connectivity index (χ1) is 14.0. The summed E-state index contributed by atoms with van der Waals surface area (Å²) in [6, 6.07) is 10.1. The van der Waals surface area contributed by atoms with E-state index in [0.29, 0.717) is 16.6 Å². The lowest BCUT2D eigenvalue weighted by atomic mass is 9.84. The maximum atomic E-state index is 6.16. The average Bonchev–Trinajstić information content (AvgIpc) is 2.73. The van der Waals surface area contributed by atoms with Gasteiger partial charge >= 0.3 is 0 Å². The summed E-state index contributed by atoms with van der Waals surface area (Å²) in [5, 5.41) is 12.0. The van der Waals surface area contributed by atoms with Crippen LogP contribution >= 0.6 is 23.2 Å². The maximum Gasteiger partial charge on any atom is 0.127 e. The molecule has 29 heavy (non-hydrogen) atoms. The number of anilines is 2. The molecule has 2 aromatic rings. The molecule has 2 aromatic carbocycles. The Morgan fingerprint density at radius 1 is 0.931 bits per heavy atom. The van der Waals surface area contributed by atoms with Crippen LogP contribution in [0, 0.1) is 13.8 Å². The maximum absolute atomic E-state index is 6.16. The van der Waals surface area contributed by atoms with Gasteiger partial charge in [-0.15, -0.1) is 0 Å². The van der Waals surface area contributed by atoms with E-state index in [1.54, 1.807) is 0 Å². The quantitative estimate of drug-likeness (QED) is 0.529. The highest BCUT2D eigenvalue weighted by Gasteiger charge is 2.41. The second kappa shape index (κ2) is 9.38. The lowest BCUT2D eigenvalue weighted by Gasteiger charge is -2.44. The predicted molar refractivity (Wildman–Crippen MR) is 127 cm³/mol. The fourth-order valence-electron chi connectivity index (χ4n) is 3.80. The number of aryl methyl sites for hydroxylation is 2. The van der Waals surface area contributed by atoms with Crippen molar-refractivity contribution in [2.45, 2.75) is 52.6 Å². The second-order valence-corrected chi connectivity index (χ2v) is 8.29. The van der Waals surface area contributed by atoms with Gasteiger partial charge in [0.1, 0.15) is 5.84 Å². The molecule has 0 atom stereocenters. The zero-order valence-corrected chi connectivity index (χ0v) is 19.1. The fourth-order valence-corrected chi connectivity index (χ4v) is 4.12. The van der Waals surface area contributed by atoms with Crippen LogP contribution in [-0.4, -0.2) is 24.5 Å². The summed E-state index contributed by atoms with van der Waals surface area (Å²) in [7, 11) is 0. The zero-order valence-electron chi connectivity index (χ0n) is 17.6. The van der Waals surface area contributed by atoms with Gasteiger partial charge in [0.05, 0.1) is 33.5 Å². The Balaban J connectivity index is 0.00000117. The van der Waals surface area contributed by atoms with Crippen molar-refractivity contribution in [1.29, 1.82) is 0 Å². The molecule has 156 valence electrons. The molecule has 1 saturated heterocycles. The van der Waals surface area contributed by atoms with Crippen LogP contribution in [0.2, 0.25) is 10.0 Å². The lowest BCUT2D eigenvalue weighted by molar-refractivity contribution is 0.419. The van der Waals surface area contributed by atoms with Gasteiger partial charge in [0.25, 0.3) is 0 Å². The number of amidine groups is 1. The van der Waals surface area contributed by atoms with Crippen molar-refractivity contribution in [1.82, 2.24) is 5.32 Å². The number of aliphatic imine (C=N–C) groups is 1. The van der Waals surface area contributed by atoms with Crippen LogP contribution < -0.4 is 16.0 Å². The lowest BCUT2D eigenvalue weighted by Crippen LogP contribution is -2.57. The van der Waals surface area contributed by atoms with Crippen LogP contribution in [0.5, 0.6) is 0 Å². The minimum absolute atomic E-state index is 0.157. The molecule has 2 aliphatic heterocycles. The van der Waals surface area contributed by atoms with E-state index in [0.717, 1.165) is 48.7 Å². The topological polar surface area (TPSA) is 48.5 Å². The molecule has 1 spiro atoms. The molecule has 0 saturated carbocycles. The molecule has 2 heterocycles. The summed E-state index contributed by atoms with van der Waals surface area (Å²) in [6.07, 6.45) is 1.99. The van der Waals surface area contributed by atoms with E-state index < -0.39 is 0 Å². The smallest absolute Gasteiger partial charge is 0.127 e. The molecule has 3 N–H and O–H groups in total. The first-order valence-electron chi connectivity index (χ1n) is 10.3. The Labute approximate surface area is 184 Å². The highest BCUT2D eigenvalue weighted by molar-refractivity contribution is 6.42. The average molecular weight is 433 g/mol. The number of nitrogens with zero attached hydrogens (tertiary/aromatic N) is 1. The number of piperidine rings is 1. The summed E-state index contributed by atoms with van der Waals surface area (Å²) in [6.45, 7) is 10.8. The summed E-state index contributed by atoms with van der Waals surface area (Å²) in [4.78, 5) is 4.97. The monoisotopic (exact) mass is 432 g/mol. The molecule has 0 radical (unpaired) electrons. The van der Waals surface area contributed by atoms with Crippen LogP contribution in [0.15, 0.2) is 35.3 Å². The van der Waals surface area contributed by atoms with Crippen LogP contribution in [-0.2, 0) is 6.54 Å². The van der Waals surface area contributed by atoms with Crippen LogP contribution in [0.25, 0.3) is 0 Å². The van der Waals surface area contributed by atoms with E-state index in [-0.39, 0.29) is 5.54 Å². The van der Waals surface area contributed by atoms with Crippen LogP contribution in [0.3, 0.4) is 0 Å². The molecule has 2 aliphatic rings. The number of hydrogen-bond acceptors (Lipinski definition) is 3. The third-order valence-electron chi connectivity index (χ3n) is 5.58. The van der Waals surface area contributed by atoms with Crippen molar-refractivity contribution >= 4 is 40.4 Å². The Bertz CT molecular complexity index is 902. The molecule has 1 fully saturated rings. The molecule has 0 aromatic heterocycles. The number of nitrogens with one attached hydrogen (secondary N) is 3. The van der Waals surface area contributed by atoms with Crippen molar-refractivity contribution in [3.05, 3.63) is 57.1 Å². The number of benzene rings is 2. The third-order valence-corrected chi connectivity index (χ3v) is 6.31. The van der Waals surface area contributed by atoms with Gasteiger partial charge in [-0.3, -0.25) is 4.99 Å². The summed E-state index contributed by atoms with van der Waals surface area (Å²) >= 11 is 12.2. The summed E-state index contributed by atoms with van der Waals surface area (Å²) in [5.41, 5.74) is 5.71. The van der Waals surface area contributed by atoms with E-state index in [1.165, 1.54) is 11.1 Å². The largest absolute Gasteiger partial charge is 0.371 e. The Hall–Kier alpha value is -1.75. The Morgan fingerprint density at radius 3 is 2.24 bits per heavy atom. The molecular weight excluding hydrogens is 403 g/mol. The van der Waals surface area contributed by atoms with Crippen molar-refractivity contribution in [2.75, 3.05) is 23.7 Å². The Kier molecular flexibility index (Phi) is 7.10. The fraction of sp³-hybridized carbons (Fsp3) is 0.435. The van der Waals surface area contributed by atoms with E-state index in [4.69, 9.17) is 28.2 Å². The van der Waals surface area contributed by atoms with E-state index in [1.807, 2.05) is 32.0 Å². The highest BCUT2D eigenvalue weighted by atomic mass is 35.5. The van der Waals surface area contributed by atoms with Gasteiger partial charge in [-0.1, -0.05) is 43.1 Å². The second-order valence-electron chi connectivity index (χ2n) is 7.48. The molecule has 4 rings (SSSR count). The molecule has 0 aliphatic carbocycles. The van der Waals surface area contributed by atoms with E-state index >= 15 is 0 Å². The Morgan fingerprint density at radius 2 is 1.59 bits per heavy atom. The van der Waals surface area contributed by atoms with Crippen molar-refractivity contribution in [3.8, 4) is 0 Å². The van der Waals surface area contributed by atoms with Gasteiger partial charge in [-0.05, 0) is 80.7 Å². The SMILES string of the molecule is CC.Cc1cc2c(cc1C)NC1(CCNCC1)C(=NCc1ccc(Cl)c(Cl)c1)N2. The minimum atomic E-state index is -0.157. The third kappa shape index (κ3) is 4.71. The van der Waals surface area contributed by atoms with E-state index in [2.05, 4.69) is 41.9 Å². The van der Waals surface area contributed by atoms with Gasteiger partial charge < -0.3 is 16.0 Å². The zero-order chi connectivity index (χ0) is 21.0. The van der Waals surface area contributed by atoms with Crippen molar-refractivity contribution in [3.63, 3.8) is 0 Å². The molecular formula is C23H30Cl2N4. The van der Waals surface area contributed by atoms with Gasteiger partial charge in [-0.2, -0.15) is 0 Å². The number of hydrogen-bond donors (Lipinski definition) is 3. The van der Waals surface area contributed by atoms with Crippen LogP contribution in [0.4, 0.5) is 11.4 Å². The van der Waals surface area contributed by atoms with Gasteiger partial charge in [0, 0.05) is 0 Å². The van der Waals surface area contributed by atoms with Crippen molar-refractivity contribution < 1.29 is 0 Å². The van der Waals surface area contributed by atoms with Gasteiger partial charge in [-0.25, -0.2) is 0 Å². The summed E-state index contributed by atoms with van der Waals surface area (Å²) < 4.78 is 0. The van der Waals surface area contributed by atoms with E-state index in [9.17, 15) is 0 Å². The number of rotatable bonds is 2. The first kappa shape index (κ1) is 21.9. The van der Waals surface area contributed by atoms with Gasteiger partial charge in [0.2, 0.25) is 0 Å². The molecule has 0 amide bonds. The molecule has 6 heteroatoms. The number of halogens is 2. The van der Waals surface area contributed by atoms with Crippen LogP contribution in [0.1, 0.15) is 43.4 Å². The number of fused-ring (bicyclic) bond motifs is 1. The van der Waals surface area contributed by atoms with Gasteiger partial charge in [0.15, 0.2) is 0 Å². The minimum Gasteiger partial charge on any atom is -0.371 e. The normalized spacial score (nSPS) is 18.3.